The highest BCUT2D eigenvalue weighted by atomic mass is 32.2. The van der Waals surface area contributed by atoms with Gasteiger partial charge in [0.15, 0.2) is 0 Å². The number of benzene rings is 2. The molecule has 1 aliphatic heterocycles. The number of aliphatic hydroxyl groups is 1. The summed E-state index contributed by atoms with van der Waals surface area (Å²) in [6.45, 7) is 1.75. The molecule has 1 fully saturated rings. The fourth-order valence-corrected chi connectivity index (χ4v) is 4.44. The summed E-state index contributed by atoms with van der Waals surface area (Å²) >= 11 is 0. The lowest BCUT2D eigenvalue weighted by molar-refractivity contribution is -0.132. The van der Waals surface area contributed by atoms with Crippen molar-refractivity contribution in [1.82, 2.24) is 4.98 Å². The van der Waals surface area contributed by atoms with Gasteiger partial charge in [0.2, 0.25) is 10.0 Å². The number of primary sulfonamides is 1. The predicted molar refractivity (Wildman–Crippen MR) is 125 cm³/mol. The number of sulfonamides is 1. The summed E-state index contributed by atoms with van der Waals surface area (Å²) in [6.07, 6.45) is 3.04. The van der Waals surface area contributed by atoms with Crippen LogP contribution >= 0.6 is 0 Å². The van der Waals surface area contributed by atoms with Gasteiger partial charge in [-0.2, -0.15) is 0 Å². The van der Waals surface area contributed by atoms with Gasteiger partial charge in [0.05, 0.1) is 23.6 Å². The number of aromatic nitrogens is 1. The molecule has 3 aromatic rings. The summed E-state index contributed by atoms with van der Waals surface area (Å²) in [5.74, 6) is -1.51. The largest absolute Gasteiger partial charge is 0.507 e. The molecule has 1 saturated heterocycles. The average molecular weight is 480 g/mol. The molecule has 1 amide bonds. The molecule has 0 aliphatic carbocycles. The first-order valence-corrected chi connectivity index (χ1v) is 11.7. The van der Waals surface area contributed by atoms with Gasteiger partial charge >= 0.3 is 0 Å². The average Bonchev–Trinajstić information content (AvgIpc) is 3.09. The van der Waals surface area contributed by atoms with Crippen LogP contribution in [-0.2, 0) is 19.6 Å². The van der Waals surface area contributed by atoms with Crippen LogP contribution in [0.15, 0.2) is 77.5 Å². The minimum absolute atomic E-state index is 0.109. The smallest absolute Gasteiger partial charge is 0.300 e. The number of carbonyl (C=O) groups is 2. The number of amides is 1. The number of aryl methyl sites for hydroxylation is 1. The number of nitrogens with zero attached hydrogens (tertiary/aromatic N) is 2. The molecule has 34 heavy (non-hydrogen) atoms. The third-order valence-corrected chi connectivity index (χ3v) is 6.51. The Balaban J connectivity index is 1.92. The Kier molecular flexibility index (Phi) is 5.94. The van der Waals surface area contributed by atoms with E-state index in [4.69, 9.17) is 9.88 Å². The number of carbonyl (C=O) groups excluding carboxylic acids is 2. The number of Topliss-reactive ketones (excluding diaryl/α,β-unsaturated/α-hetero) is 1. The summed E-state index contributed by atoms with van der Waals surface area (Å²) in [7, 11) is -2.43. The summed E-state index contributed by atoms with van der Waals surface area (Å²) in [5.41, 5.74) is 1.66. The van der Waals surface area contributed by atoms with Crippen molar-refractivity contribution in [2.75, 3.05) is 12.0 Å². The molecule has 0 radical (unpaired) electrons. The Morgan fingerprint density at radius 1 is 1.12 bits per heavy atom. The minimum atomic E-state index is -3.94. The maximum Gasteiger partial charge on any atom is 0.300 e. The molecule has 1 aliphatic rings. The minimum Gasteiger partial charge on any atom is -0.507 e. The number of nitrogens with two attached hydrogens (primary N) is 1. The van der Waals surface area contributed by atoms with E-state index in [2.05, 4.69) is 4.98 Å². The van der Waals surface area contributed by atoms with Crippen molar-refractivity contribution in [2.24, 2.45) is 5.14 Å². The van der Waals surface area contributed by atoms with Crippen molar-refractivity contribution in [1.29, 1.82) is 0 Å². The first-order chi connectivity index (χ1) is 16.1. The second-order valence-corrected chi connectivity index (χ2v) is 9.24. The topological polar surface area (TPSA) is 140 Å². The van der Waals surface area contributed by atoms with E-state index in [1.807, 2.05) is 0 Å². The number of anilines is 1. The molecular formula is C24H21N3O6S. The maximum atomic E-state index is 13.2. The van der Waals surface area contributed by atoms with Gasteiger partial charge < -0.3 is 9.84 Å². The number of pyridine rings is 1. The SMILES string of the molecule is COc1ccc(/C(O)=C2/C(=O)C(=O)N(c3ccc(S(N)(=O)=O)cc3)C2c2cccnc2)c(C)c1. The van der Waals surface area contributed by atoms with Crippen LogP contribution in [0, 0.1) is 6.92 Å². The Labute approximate surface area is 196 Å². The Hall–Kier alpha value is -4.02. The number of ketones is 1. The van der Waals surface area contributed by atoms with Crippen LogP contribution in [-0.4, -0.2) is 37.3 Å². The van der Waals surface area contributed by atoms with Gasteiger partial charge in [-0.3, -0.25) is 19.5 Å². The standard InChI is InChI=1S/C24H21N3O6S/c1-14-12-17(33-2)7-10-19(14)22(28)20-21(15-4-3-11-26-13-15)27(24(30)23(20)29)16-5-8-18(9-6-16)34(25,31)32/h3-13,21,28H,1-2H3,(H2,25,31,32)/b22-20-. The highest BCUT2D eigenvalue weighted by Crippen LogP contribution is 2.42. The maximum absolute atomic E-state index is 13.2. The highest BCUT2D eigenvalue weighted by molar-refractivity contribution is 7.89. The van der Waals surface area contributed by atoms with Crippen LogP contribution in [0.4, 0.5) is 5.69 Å². The number of methoxy groups -OCH3 is 1. The lowest BCUT2D eigenvalue weighted by Crippen LogP contribution is -2.29. The molecule has 2 heterocycles. The Morgan fingerprint density at radius 3 is 2.38 bits per heavy atom. The van der Waals surface area contributed by atoms with Crippen molar-refractivity contribution in [3.63, 3.8) is 0 Å². The molecule has 9 nitrogen and oxygen atoms in total. The van der Waals surface area contributed by atoms with Gasteiger partial charge in [0.25, 0.3) is 11.7 Å². The molecule has 174 valence electrons. The fraction of sp³-hybridized carbons (Fsp3) is 0.125. The van der Waals surface area contributed by atoms with Crippen molar-refractivity contribution >= 4 is 33.2 Å². The van der Waals surface area contributed by atoms with Crippen LogP contribution in [0.2, 0.25) is 0 Å². The van der Waals surface area contributed by atoms with Gasteiger partial charge in [-0.25, -0.2) is 13.6 Å². The number of ether oxygens (including phenoxy) is 1. The third kappa shape index (κ3) is 4.04. The van der Waals surface area contributed by atoms with E-state index in [-0.39, 0.29) is 21.9 Å². The van der Waals surface area contributed by atoms with E-state index in [9.17, 15) is 23.1 Å². The third-order valence-electron chi connectivity index (χ3n) is 5.58. The van der Waals surface area contributed by atoms with Crippen molar-refractivity contribution in [2.45, 2.75) is 17.9 Å². The zero-order valence-electron chi connectivity index (χ0n) is 18.3. The van der Waals surface area contributed by atoms with Crippen LogP contribution in [0.3, 0.4) is 0 Å². The molecule has 0 saturated carbocycles. The number of rotatable bonds is 5. The summed E-state index contributed by atoms with van der Waals surface area (Å²) < 4.78 is 28.5. The zero-order chi connectivity index (χ0) is 24.6. The van der Waals surface area contributed by atoms with E-state index in [0.717, 1.165) is 0 Å². The van der Waals surface area contributed by atoms with Crippen LogP contribution < -0.4 is 14.8 Å². The van der Waals surface area contributed by atoms with Crippen molar-refractivity contribution in [3.8, 4) is 5.75 Å². The van der Waals surface area contributed by atoms with Gasteiger partial charge in [-0.1, -0.05) is 6.07 Å². The first-order valence-electron chi connectivity index (χ1n) is 10.1. The van der Waals surface area contributed by atoms with Gasteiger partial charge in [-0.15, -0.1) is 0 Å². The molecule has 1 unspecified atom stereocenters. The number of hydrogen-bond donors (Lipinski definition) is 2. The van der Waals surface area contributed by atoms with Crippen LogP contribution in [0.1, 0.15) is 22.7 Å². The van der Waals surface area contributed by atoms with Crippen LogP contribution in [0.5, 0.6) is 5.75 Å². The molecule has 1 aromatic heterocycles. The second-order valence-electron chi connectivity index (χ2n) is 7.68. The molecule has 2 aromatic carbocycles. The second kappa shape index (κ2) is 8.73. The monoisotopic (exact) mass is 479 g/mol. The Bertz CT molecular complexity index is 1420. The van der Waals surface area contributed by atoms with Crippen LogP contribution in [0.25, 0.3) is 5.76 Å². The normalized spacial score (nSPS) is 17.7. The fourth-order valence-electron chi connectivity index (χ4n) is 3.92. The summed E-state index contributed by atoms with van der Waals surface area (Å²) in [4.78, 5) is 31.5. The van der Waals surface area contributed by atoms with E-state index in [0.29, 0.717) is 22.4 Å². The molecule has 3 N–H and O–H groups in total. The van der Waals surface area contributed by atoms with E-state index in [1.54, 1.807) is 43.5 Å². The quantitative estimate of drug-likeness (QED) is 0.326. The lowest BCUT2D eigenvalue weighted by Gasteiger charge is -2.25. The molecular weight excluding hydrogens is 458 g/mol. The zero-order valence-corrected chi connectivity index (χ0v) is 19.1. The van der Waals surface area contributed by atoms with Crippen molar-refractivity contribution in [3.05, 3.63) is 89.3 Å². The molecule has 10 heteroatoms. The highest BCUT2D eigenvalue weighted by Gasteiger charge is 2.47. The number of hydrogen-bond acceptors (Lipinski definition) is 7. The molecule has 0 spiro atoms. The lowest BCUT2D eigenvalue weighted by atomic mass is 9.94. The van der Waals surface area contributed by atoms with E-state index in [1.165, 1.54) is 42.5 Å². The van der Waals surface area contributed by atoms with Crippen molar-refractivity contribution < 1.29 is 27.9 Å². The predicted octanol–water partition coefficient (Wildman–Crippen LogP) is 2.67. The van der Waals surface area contributed by atoms with Gasteiger partial charge in [-0.05, 0) is 66.6 Å². The molecule has 4 rings (SSSR count). The molecule has 1 atom stereocenters. The van der Waals surface area contributed by atoms with E-state index >= 15 is 0 Å². The number of aliphatic hydroxyl groups excluding tert-OH is 1. The summed E-state index contributed by atoms with van der Waals surface area (Å²) in [5, 5.41) is 16.4. The van der Waals surface area contributed by atoms with E-state index < -0.39 is 27.8 Å². The molecule has 0 bridgehead atoms. The van der Waals surface area contributed by atoms with Gasteiger partial charge in [0, 0.05) is 23.6 Å². The Morgan fingerprint density at radius 2 is 1.82 bits per heavy atom. The first kappa shape index (κ1) is 23.1. The van der Waals surface area contributed by atoms with Gasteiger partial charge in [0.1, 0.15) is 11.5 Å². The summed E-state index contributed by atoms with van der Waals surface area (Å²) in [6, 6.07) is 12.6.